The molecule has 0 atom stereocenters. The first-order chi connectivity index (χ1) is 3.46. The van der Waals surface area contributed by atoms with Gasteiger partial charge in [-0.05, 0) is 13.8 Å². The van der Waals surface area contributed by atoms with E-state index < -0.39 is 11.9 Å². The summed E-state index contributed by atoms with van der Waals surface area (Å²) in [6.07, 6.45) is 0. The van der Waals surface area contributed by atoms with E-state index >= 15 is 0 Å². The van der Waals surface area contributed by atoms with Gasteiger partial charge in [-0.1, -0.05) is 0 Å². The second kappa shape index (κ2) is 163. The molecule has 0 bridgehead atoms. The van der Waals surface area contributed by atoms with Gasteiger partial charge in [0.05, 0.1) is 0 Å². The Bertz CT molecular complexity index is 77.4. The van der Waals surface area contributed by atoms with Crippen molar-refractivity contribution in [3.05, 3.63) is 0 Å². The molecule has 0 radical (unpaired) electrons. The fourth-order valence-electron chi connectivity index (χ4n) is 0. The average molecular weight is 323 g/mol. The zero-order chi connectivity index (χ0) is 7.15. The molecule has 0 rings (SSSR count). The summed E-state index contributed by atoms with van der Waals surface area (Å²) in [5.74, 6) is -2.17. The normalized spacial score (nSPS) is 2.63. The van der Waals surface area contributed by atoms with E-state index in [9.17, 15) is 0 Å². The molecular formula is C4H26MgO14. The molecule has 0 aliphatic heterocycles. The number of carbonyl (C=O) groups is 2. The van der Waals surface area contributed by atoms with Crippen molar-refractivity contribution in [1.82, 2.24) is 0 Å². The maximum absolute atomic E-state index is 8.89. The molecule has 14 nitrogen and oxygen atoms in total. The number of rotatable bonds is 0. The van der Waals surface area contributed by atoms with Crippen molar-refractivity contribution in [1.29, 1.82) is 0 Å². The quantitative estimate of drug-likeness (QED) is 0.391. The summed E-state index contributed by atoms with van der Waals surface area (Å²) in [7, 11) is 0. The van der Waals surface area contributed by atoms with Crippen LogP contribution in [-0.4, -0.2) is 89.8 Å². The van der Waals surface area contributed by atoms with E-state index in [0.717, 1.165) is 13.8 Å². The number of aliphatic carboxylic acids is 2. The van der Waals surface area contributed by atoms with Crippen LogP contribution in [0.4, 0.5) is 0 Å². The molecule has 0 fully saturated rings. The summed E-state index contributed by atoms with van der Waals surface area (Å²) < 4.78 is 0. The first-order valence-corrected chi connectivity index (χ1v) is 1.82. The average Bonchev–Trinajstić information content (AvgIpc) is 1.25. The molecule has 19 heavy (non-hydrogen) atoms. The number of carbonyl (C=O) groups excluding carboxylic acids is 2. The van der Waals surface area contributed by atoms with Gasteiger partial charge in [0.1, 0.15) is 0 Å². The summed E-state index contributed by atoms with van der Waals surface area (Å²) >= 11 is 0. The maximum Gasteiger partial charge on any atom is 2.00 e. The second-order valence-electron chi connectivity index (χ2n) is 0.983. The largest absolute Gasteiger partial charge is 2.00 e. The minimum Gasteiger partial charge on any atom is -0.550 e. The van der Waals surface area contributed by atoms with Crippen molar-refractivity contribution in [2.75, 3.05) is 0 Å². The molecule has 0 spiro atoms. The van der Waals surface area contributed by atoms with Crippen molar-refractivity contribution in [2.24, 2.45) is 0 Å². The predicted octanol–water partition coefficient (Wildman–Crippen LogP) is -11.1. The van der Waals surface area contributed by atoms with Crippen molar-refractivity contribution in [3.8, 4) is 0 Å². The van der Waals surface area contributed by atoms with Crippen LogP contribution in [0, 0.1) is 0 Å². The van der Waals surface area contributed by atoms with E-state index in [0.29, 0.717) is 0 Å². The maximum atomic E-state index is 8.89. The summed E-state index contributed by atoms with van der Waals surface area (Å²) in [6.45, 7) is 1.94. The number of carboxylic acid groups (broad SMARTS) is 2. The Morgan fingerprint density at radius 1 is 0.526 bits per heavy atom. The van der Waals surface area contributed by atoms with Crippen molar-refractivity contribution in [2.45, 2.75) is 13.8 Å². The van der Waals surface area contributed by atoms with Gasteiger partial charge in [-0.3, -0.25) is 0 Å². The first kappa shape index (κ1) is 195. The van der Waals surface area contributed by atoms with Crippen LogP contribution in [0.5, 0.6) is 0 Å². The van der Waals surface area contributed by atoms with Gasteiger partial charge in [-0.2, -0.15) is 0 Å². The van der Waals surface area contributed by atoms with Gasteiger partial charge in [0.2, 0.25) is 0 Å². The fraction of sp³-hybridized carbons (Fsp3) is 0.500. The molecule has 20 N–H and O–H groups in total. The van der Waals surface area contributed by atoms with Crippen molar-refractivity contribution >= 4 is 35.0 Å². The molecule has 0 amide bonds. The minimum absolute atomic E-state index is 0. The number of hydrogen-bond donors (Lipinski definition) is 0. The third-order valence-electron chi connectivity index (χ3n) is 0. The Balaban J connectivity index is -0.00000000218. The summed E-state index contributed by atoms with van der Waals surface area (Å²) in [5, 5.41) is 17.8. The topological polar surface area (TPSA) is 395 Å². The van der Waals surface area contributed by atoms with Crippen LogP contribution in [0.1, 0.15) is 13.8 Å². The Morgan fingerprint density at radius 2 is 0.526 bits per heavy atom. The van der Waals surface area contributed by atoms with E-state index in [1.165, 1.54) is 0 Å². The van der Waals surface area contributed by atoms with Crippen molar-refractivity contribution in [3.63, 3.8) is 0 Å². The van der Waals surface area contributed by atoms with Crippen LogP contribution >= 0.6 is 0 Å². The zero-order valence-electron chi connectivity index (χ0n) is 10.3. The van der Waals surface area contributed by atoms with Crippen LogP contribution in [-0.2, 0) is 9.59 Å². The van der Waals surface area contributed by atoms with Gasteiger partial charge < -0.3 is 74.6 Å². The predicted molar refractivity (Wildman–Crippen MR) is 63.3 cm³/mol. The molecule has 128 valence electrons. The van der Waals surface area contributed by atoms with E-state index in [2.05, 4.69) is 0 Å². The van der Waals surface area contributed by atoms with Gasteiger partial charge in [0, 0.05) is 11.9 Å². The third-order valence-corrected chi connectivity index (χ3v) is 0. The smallest absolute Gasteiger partial charge is 0.550 e. The number of hydrogen-bond acceptors (Lipinski definition) is 4. The van der Waals surface area contributed by atoms with E-state index in [1.807, 2.05) is 0 Å². The van der Waals surface area contributed by atoms with Crippen LogP contribution in [0.2, 0.25) is 0 Å². The molecular weight excluding hydrogens is 296 g/mol. The first-order valence-electron chi connectivity index (χ1n) is 1.82. The Labute approximate surface area is 124 Å². The standard InChI is InChI=1S/2C2H4O2.Mg.10H2O/c2*1-2(3)4;;;;;;;;;;;/h2*1H3,(H,3,4);;10*1H2/q;;+2;;;;;;;;;;/p-2. The Hall–Kier alpha value is -0.694. The van der Waals surface area contributed by atoms with E-state index in [1.54, 1.807) is 0 Å². The Morgan fingerprint density at radius 3 is 0.526 bits per heavy atom. The van der Waals surface area contributed by atoms with Gasteiger partial charge in [-0.25, -0.2) is 0 Å². The van der Waals surface area contributed by atoms with Gasteiger partial charge in [0.25, 0.3) is 0 Å². The van der Waals surface area contributed by atoms with Crippen LogP contribution in [0.15, 0.2) is 0 Å². The molecule has 0 aliphatic rings. The molecule has 0 saturated heterocycles. The monoisotopic (exact) mass is 322 g/mol. The van der Waals surface area contributed by atoms with Gasteiger partial charge in [-0.15, -0.1) is 0 Å². The van der Waals surface area contributed by atoms with Crippen LogP contribution < -0.4 is 10.2 Å². The molecule has 15 heteroatoms. The third kappa shape index (κ3) is 8420. The molecule has 0 aromatic heterocycles. The second-order valence-corrected chi connectivity index (χ2v) is 0.983. The fourth-order valence-corrected chi connectivity index (χ4v) is 0. The van der Waals surface area contributed by atoms with Gasteiger partial charge in [0.15, 0.2) is 0 Å². The van der Waals surface area contributed by atoms with Crippen LogP contribution in [0.3, 0.4) is 0 Å². The molecule has 0 aromatic rings. The van der Waals surface area contributed by atoms with Crippen LogP contribution in [0.25, 0.3) is 0 Å². The SMILES string of the molecule is CC(=O)[O-].CC(=O)[O-].O.O.O.O.O.O.O.O.O.O.[Mg+2]. The Kier molecular flexibility index (Phi) is 1680. The van der Waals surface area contributed by atoms with Gasteiger partial charge >= 0.3 is 23.1 Å². The summed E-state index contributed by atoms with van der Waals surface area (Å²) in [4.78, 5) is 17.8. The summed E-state index contributed by atoms with van der Waals surface area (Å²) in [6, 6.07) is 0. The number of carboxylic acids is 2. The molecule has 0 aromatic carbocycles. The molecule has 0 saturated carbocycles. The molecule has 0 heterocycles. The van der Waals surface area contributed by atoms with Crippen molar-refractivity contribution < 1.29 is 74.6 Å². The summed E-state index contributed by atoms with van der Waals surface area (Å²) in [5.41, 5.74) is 0. The molecule has 0 aliphatic carbocycles. The molecule has 0 unspecified atom stereocenters. The van der Waals surface area contributed by atoms with E-state index in [-0.39, 0.29) is 77.8 Å². The van der Waals surface area contributed by atoms with E-state index in [4.69, 9.17) is 19.8 Å². The zero-order valence-corrected chi connectivity index (χ0v) is 11.8. The minimum atomic E-state index is -1.08.